The van der Waals surface area contributed by atoms with Gasteiger partial charge in [-0.2, -0.15) is 0 Å². The Hall–Kier alpha value is -1.53. The van der Waals surface area contributed by atoms with Gasteiger partial charge in [0.05, 0.1) is 6.10 Å². The summed E-state index contributed by atoms with van der Waals surface area (Å²) in [6.45, 7) is 5.55. The molecule has 9 atom stereocenters. The molecule has 4 fully saturated rings. The molecule has 5 aliphatic rings. The maximum atomic E-state index is 15.2. The van der Waals surface area contributed by atoms with E-state index in [0.717, 1.165) is 0 Å². The monoisotopic (exact) mass is 376 g/mol. The second-order valence-electron chi connectivity index (χ2n) is 9.68. The molecule has 0 unspecified atom stereocenters. The predicted octanol–water partition coefficient (Wildman–Crippen LogP) is 2.44. The number of carboxylic acids is 1. The molecule has 0 radical (unpaired) electrons. The lowest BCUT2D eigenvalue weighted by molar-refractivity contribution is -0.183. The van der Waals surface area contributed by atoms with Crippen molar-refractivity contribution in [2.45, 2.75) is 63.5 Å². The number of ketones is 1. The zero-order valence-corrected chi connectivity index (χ0v) is 15.7. The fraction of sp³-hybridized carbons (Fsp3) is 0.714. The van der Waals surface area contributed by atoms with Crippen LogP contribution in [0.4, 0.5) is 4.39 Å². The van der Waals surface area contributed by atoms with E-state index in [1.165, 1.54) is 12.2 Å². The van der Waals surface area contributed by atoms with E-state index in [4.69, 9.17) is 4.74 Å². The molecule has 6 heteroatoms. The molecule has 27 heavy (non-hydrogen) atoms. The number of epoxide rings is 1. The lowest BCUT2D eigenvalue weighted by atomic mass is 9.46. The van der Waals surface area contributed by atoms with E-state index in [1.54, 1.807) is 13.0 Å². The van der Waals surface area contributed by atoms with Crippen molar-refractivity contribution in [3.05, 3.63) is 23.8 Å². The number of alkyl halides is 1. The van der Waals surface area contributed by atoms with Gasteiger partial charge in [0.2, 0.25) is 0 Å². The molecule has 0 bridgehead atoms. The van der Waals surface area contributed by atoms with Crippen LogP contribution in [0.3, 0.4) is 0 Å². The van der Waals surface area contributed by atoms with Crippen molar-refractivity contribution in [2.24, 2.45) is 28.6 Å². The van der Waals surface area contributed by atoms with E-state index in [9.17, 15) is 19.8 Å². The quantitative estimate of drug-likeness (QED) is 0.687. The Morgan fingerprint density at radius 3 is 2.67 bits per heavy atom. The molecule has 1 spiro atoms. The molecule has 1 saturated heterocycles. The van der Waals surface area contributed by atoms with Crippen LogP contribution in [0.25, 0.3) is 0 Å². The molecule has 0 aromatic carbocycles. The van der Waals surface area contributed by atoms with E-state index in [1.807, 2.05) is 13.8 Å². The Balaban J connectivity index is 1.64. The van der Waals surface area contributed by atoms with Crippen LogP contribution in [0.2, 0.25) is 0 Å². The van der Waals surface area contributed by atoms with Gasteiger partial charge in [-0.25, -0.2) is 9.18 Å². The first-order valence-electron chi connectivity index (χ1n) is 9.75. The van der Waals surface area contributed by atoms with E-state index in [2.05, 4.69) is 0 Å². The molecule has 5 rings (SSSR count). The van der Waals surface area contributed by atoms with Crippen LogP contribution in [0, 0.1) is 28.6 Å². The summed E-state index contributed by atoms with van der Waals surface area (Å²) in [4.78, 5) is 23.9. The third-order valence-corrected chi connectivity index (χ3v) is 8.83. The third-order valence-electron chi connectivity index (χ3n) is 8.83. The number of carboxylic acid groups (broad SMARTS) is 1. The molecule has 5 nitrogen and oxygen atoms in total. The number of carbonyl (C=O) groups is 2. The minimum Gasteiger partial charge on any atom is -0.479 e. The Morgan fingerprint density at radius 2 is 2.00 bits per heavy atom. The molecule has 0 aromatic heterocycles. The van der Waals surface area contributed by atoms with Crippen LogP contribution in [0.5, 0.6) is 0 Å². The lowest BCUT2D eigenvalue weighted by Crippen LogP contribution is -2.63. The van der Waals surface area contributed by atoms with E-state index in [0.29, 0.717) is 18.4 Å². The zero-order chi connectivity index (χ0) is 19.6. The van der Waals surface area contributed by atoms with E-state index >= 15 is 4.39 Å². The van der Waals surface area contributed by atoms with Crippen LogP contribution in [0.15, 0.2) is 23.8 Å². The second kappa shape index (κ2) is 4.71. The molecular formula is C21H25FO5. The van der Waals surface area contributed by atoms with Crippen LogP contribution >= 0.6 is 0 Å². The van der Waals surface area contributed by atoms with Gasteiger partial charge >= 0.3 is 5.97 Å². The summed E-state index contributed by atoms with van der Waals surface area (Å²) >= 11 is 0. The van der Waals surface area contributed by atoms with Crippen molar-refractivity contribution in [3.8, 4) is 0 Å². The maximum Gasteiger partial charge on any atom is 0.336 e. The fourth-order valence-corrected chi connectivity index (χ4v) is 7.43. The molecule has 2 N–H and O–H groups in total. The summed E-state index contributed by atoms with van der Waals surface area (Å²) in [5.74, 6) is -2.14. The molecular weight excluding hydrogens is 351 g/mol. The van der Waals surface area contributed by atoms with Crippen LogP contribution in [0.1, 0.15) is 40.0 Å². The van der Waals surface area contributed by atoms with Crippen molar-refractivity contribution in [2.75, 3.05) is 0 Å². The Labute approximate surface area is 157 Å². The van der Waals surface area contributed by atoms with Gasteiger partial charge in [0.25, 0.3) is 0 Å². The lowest BCUT2D eigenvalue weighted by Gasteiger charge is -2.55. The van der Waals surface area contributed by atoms with Crippen molar-refractivity contribution in [1.29, 1.82) is 0 Å². The van der Waals surface area contributed by atoms with Gasteiger partial charge in [0.1, 0.15) is 11.8 Å². The number of fused-ring (bicyclic) bond motifs is 3. The number of allylic oxidation sites excluding steroid dienone is 2. The molecule has 4 aliphatic carbocycles. The first kappa shape index (κ1) is 17.6. The average Bonchev–Trinajstić information content (AvgIpc) is 3.27. The van der Waals surface area contributed by atoms with Crippen LogP contribution in [-0.2, 0) is 14.3 Å². The van der Waals surface area contributed by atoms with E-state index in [-0.39, 0.29) is 30.1 Å². The number of aliphatic hydroxyl groups is 1. The predicted molar refractivity (Wildman–Crippen MR) is 93.5 cm³/mol. The summed E-state index contributed by atoms with van der Waals surface area (Å²) < 4.78 is 21.5. The zero-order valence-electron chi connectivity index (χ0n) is 15.7. The van der Waals surface area contributed by atoms with Gasteiger partial charge in [-0.15, -0.1) is 0 Å². The Bertz CT molecular complexity index is 834. The summed E-state index contributed by atoms with van der Waals surface area (Å²) in [5, 5.41) is 21.0. The van der Waals surface area contributed by atoms with E-state index < -0.39 is 40.1 Å². The highest BCUT2D eigenvalue weighted by Crippen LogP contribution is 2.76. The Morgan fingerprint density at radius 1 is 1.30 bits per heavy atom. The van der Waals surface area contributed by atoms with Gasteiger partial charge in [0.15, 0.2) is 11.4 Å². The highest BCUT2D eigenvalue weighted by atomic mass is 19.1. The summed E-state index contributed by atoms with van der Waals surface area (Å²) in [7, 11) is 0. The van der Waals surface area contributed by atoms with Gasteiger partial charge in [-0.05, 0) is 61.7 Å². The Kier molecular flexibility index (Phi) is 3.07. The molecule has 0 aromatic rings. The fourth-order valence-electron chi connectivity index (χ4n) is 7.43. The molecule has 146 valence electrons. The minimum atomic E-state index is -1.84. The normalized spacial score (nSPS) is 57.9. The molecule has 0 amide bonds. The van der Waals surface area contributed by atoms with Crippen molar-refractivity contribution in [3.63, 3.8) is 0 Å². The first-order chi connectivity index (χ1) is 12.5. The number of hydrogen-bond acceptors (Lipinski definition) is 4. The minimum absolute atomic E-state index is 0.144. The molecule has 1 aliphatic heterocycles. The topological polar surface area (TPSA) is 87.1 Å². The standard InChI is InChI=1S/C21H25FO5/c1-10-6-12-13-8-15(22)14-7-11(23)4-5-18(14,2)21(13)16(27-21)9-19(12,3)20(10,26)17(24)25/h4-5,7,10,12-13,15-16,26H,6,8-9H2,1-3H3,(H,24,25)/t10-,12+,13+,15+,16+,18+,19+,20+,21-/m1/s1. The SMILES string of the molecule is C[C@@H]1C[C@H]2[C@@H]3C[C@H](F)C4=CC(=O)C=C[C@]4(C)[C@@]34O[C@H]4C[C@]2(C)[C@@]1(O)C(=O)O. The third kappa shape index (κ3) is 1.65. The summed E-state index contributed by atoms with van der Waals surface area (Å²) in [6, 6.07) is 0. The van der Waals surface area contributed by atoms with Gasteiger partial charge < -0.3 is 14.9 Å². The number of aliphatic carboxylic acids is 1. The summed E-state index contributed by atoms with van der Waals surface area (Å²) in [6.07, 6.45) is 4.36. The number of rotatable bonds is 1. The maximum absolute atomic E-state index is 15.2. The van der Waals surface area contributed by atoms with Gasteiger partial charge in [-0.3, -0.25) is 4.79 Å². The average molecular weight is 376 g/mol. The molecule has 1 heterocycles. The van der Waals surface area contributed by atoms with Crippen molar-refractivity contribution >= 4 is 11.8 Å². The number of halogens is 1. The van der Waals surface area contributed by atoms with Gasteiger partial charge in [-0.1, -0.05) is 19.9 Å². The van der Waals surface area contributed by atoms with Crippen LogP contribution < -0.4 is 0 Å². The largest absolute Gasteiger partial charge is 0.479 e. The number of ether oxygens (including phenoxy) is 1. The highest BCUT2D eigenvalue weighted by molar-refractivity contribution is 6.01. The second-order valence-corrected chi connectivity index (χ2v) is 9.68. The van der Waals surface area contributed by atoms with Gasteiger partial charge in [0, 0.05) is 10.8 Å². The number of carbonyl (C=O) groups excluding carboxylic acids is 1. The molecule has 3 saturated carbocycles. The highest BCUT2D eigenvalue weighted by Gasteiger charge is 2.83. The smallest absolute Gasteiger partial charge is 0.336 e. The van der Waals surface area contributed by atoms with Crippen LogP contribution in [-0.4, -0.2) is 45.4 Å². The summed E-state index contributed by atoms with van der Waals surface area (Å²) in [5.41, 5.74) is -3.53. The van der Waals surface area contributed by atoms with Crippen molar-refractivity contribution in [1.82, 2.24) is 0 Å². The van der Waals surface area contributed by atoms with Crippen molar-refractivity contribution < 1.29 is 28.9 Å². The first-order valence-corrected chi connectivity index (χ1v) is 9.75. The number of hydrogen-bond donors (Lipinski definition) is 2.